The maximum atomic E-state index is 15.7. The third-order valence-corrected chi connectivity index (χ3v) is 6.73. The van der Waals surface area contributed by atoms with Gasteiger partial charge in [0, 0.05) is 7.05 Å². The summed E-state index contributed by atoms with van der Waals surface area (Å²) in [5.74, 6) is -2.04. The maximum Gasteiger partial charge on any atom is 0.588 e. The zero-order valence-corrected chi connectivity index (χ0v) is 18.6. The Morgan fingerprint density at radius 2 is 1.94 bits per heavy atom. The van der Waals surface area contributed by atoms with Gasteiger partial charge in [0.15, 0.2) is 46.5 Å². The van der Waals surface area contributed by atoms with E-state index in [1.54, 1.807) is 26.1 Å². The molecule has 11 nitrogen and oxygen atoms in total. The van der Waals surface area contributed by atoms with Crippen LogP contribution in [0.4, 0.5) is 14.6 Å². The first-order valence-electron chi connectivity index (χ1n) is 9.92. The van der Waals surface area contributed by atoms with Crippen LogP contribution >= 0.6 is 7.82 Å². The van der Waals surface area contributed by atoms with Crippen molar-refractivity contribution < 1.29 is 36.8 Å². The van der Waals surface area contributed by atoms with Crippen LogP contribution in [-0.2, 0) is 13.8 Å². The number of aliphatic hydroxyl groups excluding tert-OH is 1. The first-order valence-corrected chi connectivity index (χ1v) is 11.4. The van der Waals surface area contributed by atoms with Crippen LogP contribution in [0, 0.1) is 6.92 Å². The molecule has 0 amide bonds. The quantitative estimate of drug-likeness (QED) is 0.522. The van der Waals surface area contributed by atoms with Gasteiger partial charge in [-0.3, -0.25) is 9.09 Å². The van der Waals surface area contributed by atoms with Crippen molar-refractivity contribution in [1.29, 1.82) is 0 Å². The molecule has 33 heavy (non-hydrogen) atoms. The monoisotopic (exact) mass is 483 g/mol. The summed E-state index contributed by atoms with van der Waals surface area (Å²) in [6.45, 7) is 1.47. The second kappa shape index (κ2) is 7.32. The average molecular weight is 483 g/mol. The molecule has 2 N–H and O–H groups in total. The lowest BCUT2D eigenvalue weighted by Crippen LogP contribution is -2.46. The number of hydrogen-bond acceptors (Lipinski definition) is 10. The average Bonchev–Trinajstić information content (AvgIpc) is 3.39. The highest BCUT2D eigenvalue weighted by atomic mass is 31.2. The minimum atomic E-state index is -4.25. The summed E-state index contributed by atoms with van der Waals surface area (Å²) in [6, 6.07) is 6.23. The summed E-state index contributed by atoms with van der Waals surface area (Å²) in [4.78, 5) is 12.6. The third kappa shape index (κ3) is 3.43. The molecule has 1 fully saturated rings. The Balaban J connectivity index is 1.42. The van der Waals surface area contributed by atoms with E-state index in [0.717, 1.165) is 11.5 Å². The number of alkyl halides is 2. The lowest BCUT2D eigenvalue weighted by molar-refractivity contribution is -0.203. The van der Waals surface area contributed by atoms with Crippen LogP contribution in [0.1, 0.15) is 19.0 Å². The minimum Gasteiger partial charge on any atom is -0.391 e. The van der Waals surface area contributed by atoms with Crippen molar-refractivity contribution in [3.8, 4) is 11.5 Å². The van der Waals surface area contributed by atoms with Crippen LogP contribution in [-0.4, -0.2) is 55.9 Å². The van der Waals surface area contributed by atoms with Gasteiger partial charge in [0.05, 0.1) is 6.33 Å². The highest BCUT2D eigenvalue weighted by Gasteiger charge is 2.65. The Kier molecular flexibility index (Phi) is 4.87. The predicted molar refractivity (Wildman–Crippen MR) is 110 cm³/mol. The number of nitrogens with one attached hydrogen (secondary N) is 1. The van der Waals surface area contributed by atoms with Crippen molar-refractivity contribution >= 4 is 24.8 Å². The van der Waals surface area contributed by atoms with E-state index in [0.29, 0.717) is 17.2 Å². The Bertz CT molecular complexity index is 1260. The molecule has 4 atom stereocenters. The number of para-hydroxylation sites is 2. The van der Waals surface area contributed by atoms with Crippen molar-refractivity contribution in [2.24, 2.45) is 0 Å². The first-order chi connectivity index (χ1) is 15.6. The number of phosphoric ester groups is 1. The Hall–Kier alpha value is -2.86. The molecule has 1 aromatic carbocycles. The summed E-state index contributed by atoms with van der Waals surface area (Å²) in [5.41, 5.74) is -2.16. The number of ether oxygens (including phenoxy) is 1. The third-order valence-electron chi connectivity index (χ3n) is 5.45. The molecular weight excluding hydrogens is 463 g/mol. The standard InChI is InChI=1S/C19H20F2N5O6P/c1-10-24-14(22-3)13-15(25-10)26(9-23-13)17-18(2,20)16(27)19(21,30-17)8-29-33(28)31-11-6-4-5-7-12(11)32-33/h4-7,9,16-17,27H,8H2,1-3H3,(H,22,24,25)/t16-,17+,18+,19+/m0/s1. The molecule has 1 saturated heterocycles. The van der Waals surface area contributed by atoms with Gasteiger partial charge < -0.3 is 24.2 Å². The normalized spacial score (nSPS) is 30.1. The molecule has 176 valence electrons. The van der Waals surface area contributed by atoms with Gasteiger partial charge in [-0.2, -0.15) is 0 Å². The summed E-state index contributed by atoms with van der Waals surface area (Å²) in [6.07, 6.45) is -2.77. The molecule has 0 spiro atoms. The number of hydrogen-bond donors (Lipinski definition) is 2. The van der Waals surface area contributed by atoms with Crippen molar-refractivity contribution in [1.82, 2.24) is 19.5 Å². The second-order valence-electron chi connectivity index (χ2n) is 7.85. The van der Waals surface area contributed by atoms with E-state index >= 15 is 8.78 Å². The van der Waals surface area contributed by atoms with E-state index in [1.165, 1.54) is 18.5 Å². The van der Waals surface area contributed by atoms with E-state index in [4.69, 9.17) is 18.3 Å². The minimum absolute atomic E-state index is 0.148. The van der Waals surface area contributed by atoms with Crippen LogP contribution in [0.2, 0.25) is 0 Å². The van der Waals surface area contributed by atoms with E-state index in [-0.39, 0.29) is 17.1 Å². The molecule has 0 radical (unpaired) electrons. The number of aromatic nitrogens is 4. The molecule has 0 unspecified atom stereocenters. The van der Waals surface area contributed by atoms with Gasteiger partial charge in [-0.1, -0.05) is 12.1 Å². The fourth-order valence-electron chi connectivity index (χ4n) is 3.82. The molecule has 0 saturated carbocycles. The first kappa shape index (κ1) is 22.0. The SMILES string of the molecule is CNc1nc(C)nc2c1ncn2[C@@H]1O[C@](F)(COP2(=O)Oc3ccccc3O2)[C@@H](O)[C@@]1(C)F. The Labute approximate surface area is 186 Å². The lowest BCUT2D eigenvalue weighted by atomic mass is 9.97. The summed E-state index contributed by atoms with van der Waals surface area (Å²) >= 11 is 0. The van der Waals surface area contributed by atoms with Gasteiger partial charge in [-0.25, -0.2) is 28.3 Å². The summed E-state index contributed by atoms with van der Waals surface area (Å²) < 4.78 is 65.9. The highest BCUT2D eigenvalue weighted by Crippen LogP contribution is 2.60. The largest absolute Gasteiger partial charge is 0.588 e. The number of aryl methyl sites for hydroxylation is 1. The van der Waals surface area contributed by atoms with Crippen LogP contribution in [0.25, 0.3) is 11.2 Å². The Morgan fingerprint density at radius 1 is 1.27 bits per heavy atom. The van der Waals surface area contributed by atoms with Gasteiger partial charge in [0.25, 0.3) is 5.85 Å². The molecule has 5 rings (SSSR count). The number of phosphoric acid groups is 1. The van der Waals surface area contributed by atoms with Gasteiger partial charge >= 0.3 is 7.82 Å². The number of aliphatic hydroxyl groups is 1. The van der Waals surface area contributed by atoms with Gasteiger partial charge in [0.2, 0.25) is 0 Å². The van der Waals surface area contributed by atoms with E-state index < -0.39 is 38.3 Å². The molecule has 0 aliphatic carbocycles. The van der Waals surface area contributed by atoms with Crippen molar-refractivity contribution in [3.63, 3.8) is 0 Å². The van der Waals surface area contributed by atoms with Crippen LogP contribution < -0.4 is 14.4 Å². The Morgan fingerprint density at radius 3 is 2.58 bits per heavy atom. The molecule has 2 aliphatic rings. The topological polar surface area (TPSA) is 130 Å². The molecular formula is C19H20F2N5O6P. The van der Waals surface area contributed by atoms with Crippen LogP contribution in [0.5, 0.6) is 11.5 Å². The smallest absolute Gasteiger partial charge is 0.391 e. The van der Waals surface area contributed by atoms with Gasteiger partial charge in [-0.05, 0) is 26.0 Å². The zero-order valence-electron chi connectivity index (χ0n) is 17.7. The van der Waals surface area contributed by atoms with Crippen molar-refractivity contribution in [3.05, 3.63) is 36.4 Å². The summed E-state index contributed by atoms with van der Waals surface area (Å²) in [5, 5.41) is 13.4. The summed E-state index contributed by atoms with van der Waals surface area (Å²) in [7, 11) is -2.62. The van der Waals surface area contributed by atoms with Gasteiger partial charge in [-0.15, -0.1) is 0 Å². The zero-order chi connectivity index (χ0) is 23.6. The number of benzene rings is 1. The molecule has 4 heterocycles. The highest BCUT2D eigenvalue weighted by molar-refractivity contribution is 7.49. The molecule has 0 bridgehead atoms. The second-order valence-corrected chi connectivity index (χ2v) is 9.37. The van der Waals surface area contributed by atoms with E-state index in [2.05, 4.69) is 20.3 Å². The van der Waals surface area contributed by atoms with Crippen LogP contribution in [0.3, 0.4) is 0 Å². The molecule has 2 aromatic heterocycles. The number of rotatable bonds is 5. The number of imidazole rings is 1. The van der Waals surface area contributed by atoms with E-state index in [9.17, 15) is 9.67 Å². The number of anilines is 1. The van der Waals surface area contributed by atoms with E-state index in [1.807, 2.05) is 0 Å². The lowest BCUT2D eigenvalue weighted by Gasteiger charge is -2.25. The number of nitrogens with zero attached hydrogens (tertiary/aromatic N) is 4. The van der Waals surface area contributed by atoms with Gasteiger partial charge in [0.1, 0.15) is 12.4 Å². The molecule has 2 aliphatic heterocycles. The van der Waals surface area contributed by atoms with Crippen LogP contribution in [0.15, 0.2) is 30.6 Å². The predicted octanol–water partition coefficient (Wildman–Crippen LogP) is 3.06. The maximum absolute atomic E-state index is 15.7. The molecule has 14 heteroatoms. The van der Waals surface area contributed by atoms with Crippen molar-refractivity contribution in [2.75, 3.05) is 19.0 Å². The number of halogens is 2. The fraction of sp³-hybridized carbons (Fsp3) is 0.421. The van der Waals surface area contributed by atoms with Crippen molar-refractivity contribution in [2.45, 2.75) is 37.7 Å². The fourth-order valence-corrected chi connectivity index (χ4v) is 5.08. The number of fused-ring (bicyclic) bond motifs is 2. The molecule has 3 aromatic rings.